The molecule has 1 unspecified atom stereocenters. The molecule has 0 aromatic heterocycles. The molecule has 0 radical (unpaired) electrons. The Morgan fingerprint density at radius 1 is 1.50 bits per heavy atom. The molecule has 0 fully saturated rings. The minimum atomic E-state index is -0.0240. The molecule has 84 valence electrons. The number of ketones is 1. The van der Waals surface area contributed by atoms with Crippen LogP contribution in [0.15, 0.2) is 0 Å². The highest BCUT2D eigenvalue weighted by molar-refractivity contribution is 8.00. The van der Waals surface area contributed by atoms with Crippen molar-refractivity contribution in [2.45, 2.75) is 50.8 Å². The molecule has 0 aromatic carbocycles. The van der Waals surface area contributed by atoms with Crippen molar-refractivity contribution in [3.63, 3.8) is 0 Å². The van der Waals surface area contributed by atoms with Gasteiger partial charge in [-0.05, 0) is 33.6 Å². The second kappa shape index (κ2) is 6.46. The van der Waals surface area contributed by atoms with Crippen LogP contribution in [0.25, 0.3) is 0 Å². The van der Waals surface area contributed by atoms with E-state index >= 15 is 0 Å². The van der Waals surface area contributed by atoms with Gasteiger partial charge in [0, 0.05) is 11.2 Å². The Hall–Kier alpha value is -0.0200. The van der Waals surface area contributed by atoms with Crippen LogP contribution in [0.4, 0.5) is 0 Å². The number of thioether (sulfide) groups is 1. The second-order valence-electron chi connectivity index (χ2n) is 4.10. The van der Waals surface area contributed by atoms with E-state index in [0.717, 1.165) is 12.8 Å². The van der Waals surface area contributed by atoms with Crippen LogP contribution in [0.2, 0.25) is 0 Å². The highest BCUT2D eigenvalue weighted by atomic mass is 32.2. The van der Waals surface area contributed by atoms with Gasteiger partial charge < -0.3 is 5.32 Å². The fourth-order valence-corrected chi connectivity index (χ4v) is 1.99. The van der Waals surface area contributed by atoms with Crippen LogP contribution < -0.4 is 5.32 Å². The summed E-state index contributed by atoms with van der Waals surface area (Å²) in [4.78, 5) is 11.9. The van der Waals surface area contributed by atoms with Crippen LogP contribution in [0.5, 0.6) is 0 Å². The predicted octanol–water partition coefficient (Wildman–Crippen LogP) is 2.48. The van der Waals surface area contributed by atoms with Gasteiger partial charge in [-0.15, -0.1) is 0 Å². The fourth-order valence-electron chi connectivity index (χ4n) is 1.51. The van der Waals surface area contributed by atoms with Crippen LogP contribution in [0.3, 0.4) is 0 Å². The minimum Gasteiger partial charge on any atom is -0.309 e. The van der Waals surface area contributed by atoms with Crippen molar-refractivity contribution in [2.24, 2.45) is 0 Å². The summed E-state index contributed by atoms with van der Waals surface area (Å²) in [6.45, 7) is 6.34. The summed E-state index contributed by atoms with van der Waals surface area (Å²) in [6, 6.07) is -0.0240. The van der Waals surface area contributed by atoms with Crippen molar-refractivity contribution in [3.8, 4) is 0 Å². The Morgan fingerprint density at radius 3 is 2.43 bits per heavy atom. The van der Waals surface area contributed by atoms with E-state index in [9.17, 15) is 4.79 Å². The van der Waals surface area contributed by atoms with E-state index in [1.165, 1.54) is 0 Å². The van der Waals surface area contributed by atoms with Crippen LogP contribution in [-0.4, -0.2) is 29.9 Å². The predicted molar refractivity (Wildman–Crippen MR) is 65.0 cm³/mol. The van der Waals surface area contributed by atoms with Crippen molar-refractivity contribution in [2.75, 3.05) is 13.3 Å². The molecule has 0 rings (SSSR count). The van der Waals surface area contributed by atoms with Crippen molar-refractivity contribution >= 4 is 17.5 Å². The van der Waals surface area contributed by atoms with Crippen molar-refractivity contribution in [1.29, 1.82) is 0 Å². The average molecular weight is 217 g/mol. The maximum Gasteiger partial charge on any atom is 0.151 e. The van der Waals surface area contributed by atoms with E-state index in [4.69, 9.17) is 0 Å². The first kappa shape index (κ1) is 14.0. The Balaban J connectivity index is 4.32. The molecular weight excluding hydrogens is 194 g/mol. The van der Waals surface area contributed by atoms with Gasteiger partial charge in [0.15, 0.2) is 5.78 Å². The van der Waals surface area contributed by atoms with Crippen LogP contribution in [0.1, 0.15) is 40.0 Å². The lowest BCUT2D eigenvalue weighted by Gasteiger charge is -2.31. The highest BCUT2D eigenvalue weighted by Gasteiger charge is 2.32. The summed E-state index contributed by atoms with van der Waals surface area (Å²) < 4.78 is -0.0143. The van der Waals surface area contributed by atoms with Crippen LogP contribution >= 0.6 is 11.8 Å². The number of nitrogens with one attached hydrogen (secondary N) is 1. The lowest BCUT2D eigenvalue weighted by Crippen LogP contribution is -2.48. The van der Waals surface area contributed by atoms with Gasteiger partial charge in [0.1, 0.15) is 0 Å². The van der Waals surface area contributed by atoms with Gasteiger partial charge in [-0.25, -0.2) is 0 Å². The molecule has 14 heavy (non-hydrogen) atoms. The number of Topliss-reactive ketones (excluding diaryl/α,β-unsaturated/α-hetero) is 1. The van der Waals surface area contributed by atoms with Gasteiger partial charge in [0.05, 0.1) is 6.04 Å². The van der Waals surface area contributed by atoms with Gasteiger partial charge in [0.2, 0.25) is 0 Å². The second-order valence-corrected chi connectivity index (χ2v) is 5.56. The lowest BCUT2D eigenvalue weighted by molar-refractivity contribution is -0.121. The molecule has 0 amide bonds. The Kier molecular flexibility index (Phi) is 6.45. The average Bonchev–Trinajstić information content (AvgIpc) is 2.15. The number of carbonyl (C=O) groups excluding carboxylic acids is 1. The molecule has 0 aliphatic carbocycles. The number of rotatable bonds is 7. The van der Waals surface area contributed by atoms with Crippen molar-refractivity contribution in [3.05, 3.63) is 0 Å². The van der Waals surface area contributed by atoms with E-state index in [-0.39, 0.29) is 10.8 Å². The Labute approximate surface area is 92.2 Å². The van der Waals surface area contributed by atoms with Crippen LogP contribution in [-0.2, 0) is 4.79 Å². The van der Waals surface area contributed by atoms with Gasteiger partial charge in [-0.3, -0.25) is 4.79 Å². The molecule has 0 bridgehead atoms. The summed E-state index contributed by atoms with van der Waals surface area (Å²) in [5.74, 6) is 0.341. The summed E-state index contributed by atoms with van der Waals surface area (Å²) in [5.41, 5.74) is 0. The summed E-state index contributed by atoms with van der Waals surface area (Å²) in [5, 5.41) is 3.13. The van der Waals surface area contributed by atoms with Gasteiger partial charge >= 0.3 is 0 Å². The number of carbonyl (C=O) groups is 1. The lowest BCUT2D eigenvalue weighted by atomic mass is 9.96. The normalized spacial score (nSPS) is 14.1. The van der Waals surface area contributed by atoms with E-state index < -0.39 is 0 Å². The van der Waals surface area contributed by atoms with E-state index in [1.54, 1.807) is 11.8 Å². The van der Waals surface area contributed by atoms with Gasteiger partial charge in [-0.2, -0.15) is 11.8 Å². The molecule has 3 heteroatoms. The number of likely N-dealkylation sites (N-methyl/N-ethyl adjacent to an activating group) is 1. The number of hydrogen-bond acceptors (Lipinski definition) is 3. The maximum atomic E-state index is 11.9. The van der Waals surface area contributed by atoms with Crippen molar-refractivity contribution in [1.82, 2.24) is 5.32 Å². The van der Waals surface area contributed by atoms with Gasteiger partial charge in [0.25, 0.3) is 0 Å². The molecule has 0 saturated heterocycles. The quantitative estimate of drug-likeness (QED) is 0.710. The highest BCUT2D eigenvalue weighted by Crippen LogP contribution is 2.26. The minimum absolute atomic E-state index is 0.0143. The topological polar surface area (TPSA) is 29.1 Å². The van der Waals surface area contributed by atoms with E-state index in [1.807, 2.05) is 7.05 Å². The standard InChI is InChI=1S/C11H23NOS/c1-6-7-8-9(13)10(12-4)11(2,3)14-5/h10,12H,6-8H2,1-5H3. The zero-order valence-electron chi connectivity index (χ0n) is 10.0. The number of unbranched alkanes of at least 4 members (excludes halogenated alkanes) is 1. The first-order chi connectivity index (χ1) is 6.49. The Morgan fingerprint density at radius 2 is 2.07 bits per heavy atom. The van der Waals surface area contributed by atoms with E-state index in [2.05, 4.69) is 32.3 Å². The summed E-state index contributed by atoms with van der Waals surface area (Å²) in [6.07, 6.45) is 4.84. The molecule has 0 spiro atoms. The van der Waals surface area contributed by atoms with Gasteiger partial charge in [-0.1, -0.05) is 13.3 Å². The monoisotopic (exact) mass is 217 g/mol. The summed E-state index contributed by atoms with van der Waals surface area (Å²) in [7, 11) is 1.87. The maximum absolute atomic E-state index is 11.9. The molecule has 2 nitrogen and oxygen atoms in total. The molecule has 1 atom stereocenters. The summed E-state index contributed by atoms with van der Waals surface area (Å²) >= 11 is 1.74. The molecule has 0 aliphatic heterocycles. The molecular formula is C11H23NOS. The zero-order valence-corrected chi connectivity index (χ0v) is 10.8. The number of hydrogen-bond donors (Lipinski definition) is 1. The third-order valence-corrected chi connectivity index (χ3v) is 3.90. The first-order valence-corrected chi connectivity index (χ1v) is 6.47. The SMILES string of the molecule is CCCCC(=O)C(NC)C(C)(C)SC. The third kappa shape index (κ3) is 4.01. The van der Waals surface area contributed by atoms with Crippen molar-refractivity contribution < 1.29 is 4.79 Å². The molecule has 0 saturated carbocycles. The molecule has 0 aliphatic rings. The zero-order chi connectivity index (χ0) is 11.2. The van der Waals surface area contributed by atoms with Crippen LogP contribution in [0, 0.1) is 0 Å². The third-order valence-electron chi connectivity index (χ3n) is 2.61. The fraction of sp³-hybridized carbons (Fsp3) is 0.909. The first-order valence-electron chi connectivity index (χ1n) is 5.24. The molecule has 0 heterocycles. The molecule has 1 N–H and O–H groups in total. The largest absolute Gasteiger partial charge is 0.309 e. The Bertz CT molecular complexity index is 180. The smallest absolute Gasteiger partial charge is 0.151 e. The molecule has 0 aromatic rings. The van der Waals surface area contributed by atoms with E-state index in [0.29, 0.717) is 12.2 Å².